The van der Waals surface area contributed by atoms with E-state index in [1.807, 2.05) is 13.8 Å². The second-order valence-corrected chi connectivity index (χ2v) is 5.36. The number of carbonyl (C=O) groups excluding carboxylic acids is 1. The summed E-state index contributed by atoms with van der Waals surface area (Å²) in [5.41, 5.74) is 1.66. The number of nitrogens with one attached hydrogen (secondary N) is 1. The molecule has 1 rings (SSSR count). The Morgan fingerprint density at radius 2 is 2.50 bits per heavy atom. The average molecular weight is 232 g/mol. The lowest BCUT2D eigenvalue weighted by Gasteiger charge is -2.20. The van der Waals surface area contributed by atoms with Crippen LogP contribution in [0.1, 0.15) is 13.8 Å². The molecular weight excluding hydrogens is 220 g/mol. The van der Waals surface area contributed by atoms with Gasteiger partial charge in [-0.1, -0.05) is 25.6 Å². The second-order valence-electron chi connectivity index (χ2n) is 3.35. The third kappa shape index (κ3) is 2.93. The zero-order chi connectivity index (χ0) is 10.6. The molecule has 0 saturated carbocycles. The van der Waals surface area contributed by atoms with Crippen LogP contribution in [0.4, 0.5) is 0 Å². The minimum atomic E-state index is -0.495. The van der Waals surface area contributed by atoms with E-state index in [0.29, 0.717) is 5.75 Å². The molecule has 0 spiro atoms. The maximum absolute atomic E-state index is 11.3. The number of hydrazine groups is 1. The highest BCUT2D eigenvalue weighted by molar-refractivity contribution is 8.00. The fourth-order valence-electron chi connectivity index (χ4n) is 0.730. The Morgan fingerprint density at radius 1 is 1.79 bits per heavy atom. The standard InChI is InChI=1S/C7H12N4OS2/c1-7(2,5(12)11-8)3-13-6-9-4-10-14-6/h4H,3,8H2,1-2H3,(H,11,12). The summed E-state index contributed by atoms with van der Waals surface area (Å²) in [4.78, 5) is 15.3. The molecule has 78 valence electrons. The molecule has 1 aromatic heterocycles. The van der Waals surface area contributed by atoms with Crippen molar-refractivity contribution in [2.75, 3.05) is 5.75 Å². The van der Waals surface area contributed by atoms with Gasteiger partial charge in [0.05, 0.1) is 5.41 Å². The summed E-state index contributed by atoms with van der Waals surface area (Å²) in [7, 11) is 0. The molecule has 0 atom stereocenters. The van der Waals surface area contributed by atoms with Crippen LogP contribution < -0.4 is 11.3 Å². The Hall–Kier alpha value is -0.660. The van der Waals surface area contributed by atoms with Gasteiger partial charge in [0.15, 0.2) is 4.34 Å². The largest absolute Gasteiger partial charge is 0.294 e. The summed E-state index contributed by atoms with van der Waals surface area (Å²) in [6.45, 7) is 3.67. The van der Waals surface area contributed by atoms with Gasteiger partial charge < -0.3 is 0 Å². The summed E-state index contributed by atoms with van der Waals surface area (Å²) in [5, 5.41) is 0. The van der Waals surface area contributed by atoms with Crippen LogP contribution in [0.5, 0.6) is 0 Å². The molecule has 1 heterocycles. The van der Waals surface area contributed by atoms with Crippen LogP contribution in [-0.4, -0.2) is 21.0 Å². The summed E-state index contributed by atoms with van der Waals surface area (Å²) >= 11 is 2.83. The highest BCUT2D eigenvalue weighted by Crippen LogP contribution is 2.27. The number of nitrogens with zero attached hydrogens (tertiary/aromatic N) is 2. The van der Waals surface area contributed by atoms with Crippen molar-refractivity contribution in [3.63, 3.8) is 0 Å². The first kappa shape index (κ1) is 11.4. The molecule has 0 radical (unpaired) electrons. The van der Waals surface area contributed by atoms with Crippen LogP contribution in [-0.2, 0) is 4.79 Å². The van der Waals surface area contributed by atoms with Crippen molar-refractivity contribution >= 4 is 29.2 Å². The number of rotatable bonds is 4. The normalized spacial score (nSPS) is 11.4. The second kappa shape index (κ2) is 4.72. The highest BCUT2D eigenvalue weighted by atomic mass is 32.2. The van der Waals surface area contributed by atoms with Gasteiger partial charge in [-0.3, -0.25) is 10.2 Å². The van der Waals surface area contributed by atoms with Gasteiger partial charge in [0.25, 0.3) is 0 Å². The molecule has 0 aliphatic carbocycles. The smallest absolute Gasteiger partial charge is 0.240 e. The van der Waals surface area contributed by atoms with E-state index in [-0.39, 0.29) is 5.91 Å². The Morgan fingerprint density at radius 3 is 3.00 bits per heavy atom. The predicted molar refractivity (Wildman–Crippen MR) is 56.7 cm³/mol. The van der Waals surface area contributed by atoms with E-state index in [9.17, 15) is 4.79 Å². The van der Waals surface area contributed by atoms with Gasteiger partial charge in [-0.05, 0) is 11.5 Å². The summed E-state index contributed by atoms with van der Waals surface area (Å²) < 4.78 is 4.74. The summed E-state index contributed by atoms with van der Waals surface area (Å²) in [6.07, 6.45) is 1.50. The first-order valence-electron chi connectivity index (χ1n) is 3.97. The molecule has 3 N–H and O–H groups in total. The number of aromatic nitrogens is 2. The maximum Gasteiger partial charge on any atom is 0.240 e. The third-order valence-corrected chi connectivity index (χ3v) is 3.90. The predicted octanol–water partition coefficient (Wildman–Crippen LogP) is 0.646. The van der Waals surface area contributed by atoms with Crippen molar-refractivity contribution in [3.05, 3.63) is 6.33 Å². The van der Waals surface area contributed by atoms with Gasteiger partial charge in [0.2, 0.25) is 5.91 Å². The van der Waals surface area contributed by atoms with E-state index in [1.165, 1.54) is 29.6 Å². The maximum atomic E-state index is 11.3. The van der Waals surface area contributed by atoms with E-state index >= 15 is 0 Å². The number of hydrogen-bond acceptors (Lipinski definition) is 6. The van der Waals surface area contributed by atoms with Crippen LogP contribution in [0.2, 0.25) is 0 Å². The SMILES string of the molecule is CC(C)(CSc1ncns1)C(=O)NN. The Bertz CT molecular complexity index is 299. The van der Waals surface area contributed by atoms with Crippen molar-refractivity contribution in [3.8, 4) is 0 Å². The molecule has 0 aromatic carbocycles. The van der Waals surface area contributed by atoms with Crippen LogP contribution in [0.15, 0.2) is 10.7 Å². The van der Waals surface area contributed by atoms with E-state index in [2.05, 4.69) is 14.8 Å². The monoisotopic (exact) mass is 232 g/mol. The lowest BCUT2D eigenvalue weighted by molar-refractivity contribution is -0.128. The minimum absolute atomic E-state index is 0.172. The third-order valence-electron chi connectivity index (χ3n) is 1.64. The lowest BCUT2D eigenvalue weighted by atomic mass is 9.96. The molecule has 5 nitrogen and oxygen atoms in total. The summed E-state index contributed by atoms with van der Waals surface area (Å²) in [5.74, 6) is 5.53. The molecule has 1 amide bonds. The Labute approximate surface area is 90.6 Å². The van der Waals surface area contributed by atoms with Crippen molar-refractivity contribution in [2.24, 2.45) is 11.3 Å². The quantitative estimate of drug-likeness (QED) is 0.345. The number of amides is 1. The summed E-state index contributed by atoms with van der Waals surface area (Å²) in [6, 6.07) is 0. The zero-order valence-electron chi connectivity index (χ0n) is 7.98. The van der Waals surface area contributed by atoms with Crippen LogP contribution in [0, 0.1) is 5.41 Å². The number of hydrogen-bond donors (Lipinski definition) is 2. The molecule has 1 aromatic rings. The van der Waals surface area contributed by atoms with E-state index in [4.69, 9.17) is 5.84 Å². The molecule has 7 heteroatoms. The fourth-order valence-corrected chi connectivity index (χ4v) is 2.26. The molecular formula is C7H12N4OS2. The lowest BCUT2D eigenvalue weighted by Crippen LogP contribution is -2.42. The molecule has 0 unspecified atom stereocenters. The first-order valence-corrected chi connectivity index (χ1v) is 5.72. The Balaban J connectivity index is 2.48. The molecule has 0 aliphatic heterocycles. The number of carbonyl (C=O) groups is 1. The van der Waals surface area contributed by atoms with Gasteiger partial charge in [-0.15, -0.1) is 0 Å². The van der Waals surface area contributed by atoms with Crippen molar-refractivity contribution < 1.29 is 4.79 Å². The fraction of sp³-hybridized carbons (Fsp3) is 0.571. The molecule has 0 aliphatic rings. The van der Waals surface area contributed by atoms with E-state index < -0.39 is 5.41 Å². The first-order chi connectivity index (χ1) is 6.56. The van der Waals surface area contributed by atoms with Gasteiger partial charge >= 0.3 is 0 Å². The zero-order valence-corrected chi connectivity index (χ0v) is 9.61. The molecule has 0 saturated heterocycles. The van der Waals surface area contributed by atoms with Gasteiger partial charge in [-0.25, -0.2) is 10.8 Å². The van der Waals surface area contributed by atoms with Gasteiger partial charge in [-0.2, -0.15) is 4.37 Å². The van der Waals surface area contributed by atoms with Crippen molar-refractivity contribution in [2.45, 2.75) is 18.2 Å². The van der Waals surface area contributed by atoms with Gasteiger partial charge in [0, 0.05) is 5.75 Å². The molecule has 0 bridgehead atoms. The molecule has 0 fully saturated rings. The molecule has 14 heavy (non-hydrogen) atoms. The van der Waals surface area contributed by atoms with Crippen LogP contribution in [0.25, 0.3) is 0 Å². The number of thioether (sulfide) groups is 1. The minimum Gasteiger partial charge on any atom is -0.294 e. The van der Waals surface area contributed by atoms with E-state index in [0.717, 1.165) is 4.34 Å². The van der Waals surface area contributed by atoms with Crippen molar-refractivity contribution in [1.29, 1.82) is 0 Å². The van der Waals surface area contributed by atoms with Crippen LogP contribution in [0.3, 0.4) is 0 Å². The van der Waals surface area contributed by atoms with Gasteiger partial charge in [0.1, 0.15) is 6.33 Å². The topological polar surface area (TPSA) is 80.9 Å². The van der Waals surface area contributed by atoms with E-state index in [1.54, 1.807) is 0 Å². The number of nitrogens with two attached hydrogens (primary N) is 1. The average Bonchev–Trinajstić information content (AvgIpc) is 2.66. The highest BCUT2D eigenvalue weighted by Gasteiger charge is 2.27. The van der Waals surface area contributed by atoms with Crippen molar-refractivity contribution in [1.82, 2.24) is 14.8 Å². The van der Waals surface area contributed by atoms with Crippen LogP contribution >= 0.6 is 23.3 Å². The Kier molecular flexibility index (Phi) is 3.85.